The number of rotatable bonds is 7. The molecule has 1 N–H and O–H groups in total. The highest BCUT2D eigenvalue weighted by Crippen LogP contribution is 2.29. The Morgan fingerprint density at radius 1 is 1.04 bits per heavy atom. The lowest BCUT2D eigenvalue weighted by atomic mass is 10.2. The molecular formula is C19H22N2O3S. The molecule has 0 unspecified atom stereocenters. The van der Waals surface area contributed by atoms with Gasteiger partial charge in [-0.15, -0.1) is 0 Å². The van der Waals surface area contributed by atoms with E-state index in [1.165, 1.54) is 3.97 Å². The summed E-state index contributed by atoms with van der Waals surface area (Å²) in [5.41, 5.74) is 0.609. The molecule has 3 aromatic rings. The van der Waals surface area contributed by atoms with E-state index in [1.807, 2.05) is 12.1 Å². The van der Waals surface area contributed by atoms with Gasteiger partial charge in [-0.2, -0.15) is 0 Å². The number of benzene rings is 2. The van der Waals surface area contributed by atoms with Crippen molar-refractivity contribution in [2.45, 2.75) is 24.8 Å². The first-order valence-corrected chi connectivity index (χ1v) is 9.71. The molecule has 0 aliphatic heterocycles. The molecule has 0 radical (unpaired) electrons. The molecule has 132 valence electrons. The van der Waals surface area contributed by atoms with Gasteiger partial charge in [0.05, 0.1) is 10.4 Å². The van der Waals surface area contributed by atoms with Gasteiger partial charge in [0, 0.05) is 24.2 Å². The predicted octanol–water partition coefficient (Wildman–Crippen LogP) is 3.26. The molecule has 2 aromatic carbocycles. The highest BCUT2D eigenvalue weighted by Gasteiger charge is 2.19. The van der Waals surface area contributed by atoms with Gasteiger partial charge in [-0.3, -0.25) is 0 Å². The largest absolute Gasteiger partial charge is 0.492 e. The molecule has 0 saturated heterocycles. The lowest BCUT2D eigenvalue weighted by Crippen LogP contribution is -2.27. The fourth-order valence-corrected chi connectivity index (χ4v) is 4.03. The first kappa shape index (κ1) is 17.5. The molecule has 1 aromatic heterocycles. The predicted molar refractivity (Wildman–Crippen MR) is 99.6 cm³/mol. The summed E-state index contributed by atoms with van der Waals surface area (Å²) in [7, 11) is -3.63. The van der Waals surface area contributed by atoms with Crippen LogP contribution in [-0.2, 0) is 10.0 Å². The minimum Gasteiger partial charge on any atom is -0.492 e. The van der Waals surface area contributed by atoms with Gasteiger partial charge in [0.2, 0.25) is 0 Å². The monoisotopic (exact) mass is 358 g/mol. The Labute approximate surface area is 148 Å². The Morgan fingerprint density at radius 3 is 2.52 bits per heavy atom. The summed E-state index contributed by atoms with van der Waals surface area (Å²) < 4.78 is 32.9. The molecule has 0 amide bonds. The maximum atomic E-state index is 12.9. The number of nitrogens with zero attached hydrogens (tertiary/aromatic N) is 1. The second kappa shape index (κ2) is 7.29. The molecular weight excluding hydrogens is 336 g/mol. The van der Waals surface area contributed by atoms with Crippen molar-refractivity contribution in [2.24, 2.45) is 0 Å². The molecule has 0 bridgehead atoms. The number of aromatic nitrogens is 1. The van der Waals surface area contributed by atoms with E-state index in [2.05, 4.69) is 19.2 Å². The molecule has 0 saturated carbocycles. The van der Waals surface area contributed by atoms with Gasteiger partial charge in [0.25, 0.3) is 10.0 Å². The lowest BCUT2D eigenvalue weighted by molar-refractivity contribution is 0.312. The van der Waals surface area contributed by atoms with Gasteiger partial charge in [-0.25, -0.2) is 12.4 Å². The van der Waals surface area contributed by atoms with Gasteiger partial charge in [0.1, 0.15) is 12.4 Å². The van der Waals surface area contributed by atoms with E-state index in [1.54, 1.807) is 48.7 Å². The van der Waals surface area contributed by atoms with Crippen LogP contribution in [0.15, 0.2) is 65.7 Å². The molecule has 6 heteroatoms. The van der Waals surface area contributed by atoms with E-state index in [4.69, 9.17) is 4.74 Å². The van der Waals surface area contributed by atoms with Crippen molar-refractivity contribution in [3.05, 3.63) is 60.8 Å². The molecule has 3 rings (SSSR count). The molecule has 0 atom stereocenters. The Balaban J connectivity index is 1.91. The number of fused-ring (bicyclic) bond motifs is 1. The van der Waals surface area contributed by atoms with Crippen LogP contribution in [0.2, 0.25) is 0 Å². The average Bonchev–Trinajstić information content (AvgIpc) is 3.05. The van der Waals surface area contributed by atoms with Crippen LogP contribution in [0.5, 0.6) is 5.75 Å². The Kier molecular flexibility index (Phi) is 5.11. The van der Waals surface area contributed by atoms with Crippen LogP contribution in [0.4, 0.5) is 0 Å². The third-order valence-corrected chi connectivity index (χ3v) is 5.57. The quantitative estimate of drug-likeness (QED) is 0.659. The van der Waals surface area contributed by atoms with E-state index >= 15 is 0 Å². The molecule has 5 nitrogen and oxygen atoms in total. The maximum Gasteiger partial charge on any atom is 0.268 e. The second-order valence-corrected chi connectivity index (χ2v) is 7.89. The summed E-state index contributed by atoms with van der Waals surface area (Å²) in [5, 5.41) is 4.07. The number of hydrogen-bond acceptors (Lipinski definition) is 4. The van der Waals surface area contributed by atoms with Gasteiger partial charge >= 0.3 is 0 Å². The number of nitrogens with one attached hydrogen (secondary N) is 1. The third kappa shape index (κ3) is 3.70. The summed E-state index contributed by atoms with van der Waals surface area (Å²) in [6.07, 6.45) is 1.58. The molecule has 1 heterocycles. The molecule has 0 spiro atoms. The average molecular weight is 358 g/mol. The van der Waals surface area contributed by atoms with Gasteiger partial charge in [0.15, 0.2) is 0 Å². The minimum absolute atomic E-state index is 0.264. The molecule has 0 fully saturated rings. The molecule has 25 heavy (non-hydrogen) atoms. The number of ether oxygens (including phenoxy) is 1. The van der Waals surface area contributed by atoms with E-state index in [0.29, 0.717) is 23.9 Å². The summed E-state index contributed by atoms with van der Waals surface area (Å²) in [4.78, 5) is 0.264. The van der Waals surface area contributed by atoms with Crippen LogP contribution in [0.25, 0.3) is 10.9 Å². The smallest absolute Gasteiger partial charge is 0.268 e. The topological polar surface area (TPSA) is 60.3 Å². The van der Waals surface area contributed by atoms with E-state index < -0.39 is 10.0 Å². The maximum absolute atomic E-state index is 12.9. The van der Waals surface area contributed by atoms with Crippen molar-refractivity contribution >= 4 is 20.9 Å². The van der Waals surface area contributed by atoms with Crippen molar-refractivity contribution in [3.63, 3.8) is 0 Å². The summed E-state index contributed by atoms with van der Waals surface area (Å²) in [5.74, 6) is 0.685. The fourth-order valence-electron chi connectivity index (χ4n) is 2.66. The Bertz CT molecular complexity index is 947. The van der Waals surface area contributed by atoms with E-state index in [-0.39, 0.29) is 4.90 Å². The van der Waals surface area contributed by atoms with Gasteiger partial charge < -0.3 is 10.1 Å². The molecule has 0 aliphatic carbocycles. The second-order valence-electron chi connectivity index (χ2n) is 6.08. The zero-order valence-corrected chi connectivity index (χ0v) is 15.2. The van der Waals surface area contributed by atoms with Crippen LogP contribution in [0.1, 0.15) is 13.8 Å². The number of hydrogen-bond donors (Lipinski definition) is 1. The van der Waals surface area contributed by atoms with Crippen LogP contribution < -0.4 is 10.1 Å². The van der Waals surface area contributed by atoms with Gasteiger partial charge in [-0.05, 0) is 30.3 Å². The van der Waals surface area contributed by atoms with Crippen molar-refractivity contribution in [3.8, 4) is 5.75 Å². The van der Waals surface area contributed by atoms with E-state index in [9.17, 15) is 8.42 Å². The van der Waals surface area contributed by atoms with E-state index in [0.717, 1.165) is 11.9 Å². The van der Waals surface area contributed by atoms with Crippen molar-refractivity contribution in [1.29, 1.82) is 0 Å². The summed E-state index contributed by atoms with van der Waals surface area (Å²) in [6, 6.07) is 16.1. The van der Waals surface area contributed by atoms with Crippen LogP contribution >= 0.6 is 0 Å². The fraction of sp³-hybridized carbons (Fsp3) is 0.263. The van der Waals surface area contributed by atoms with Crippen molar-refractivity contribution < 1.29 is 13.2 Å². The SMILES string of the molecule is CC(C)NCCOc1cccc2c1ccn2S(=O)(=O)c1ccccc1. The Hall–Kier alpha value is -2.31. The third-order valence-electron chi connectivity index (χ3n) is 3.87. The first-order valence-electron chi connectivity index (χ1n) is 8.27. The summed E-state index contributed by atoms with van der Waals surface area (Å²) >= 11 is 0. The van der Waals surface area contributed by atoms with Crippen LogP contribution in [0, 0.1) is 0 Å². The Morgan fingerprint density at radius 2 is 1.80 bits per heavy atom. The van der Waals surface area contributed by atoms with Crippen LogP contribution in [0.3, 0.4) is 0 Å². The van der Waals surface area contributed by atoms with Gasteiger partial charge in [-0.1, -0.05) is 38.1 Å². The first-order chi connectivity index (χ1) is 12.0. The molecule has 0 aliphatic rings. The zero-order chi connectivity index (χ0) is 17.9. The zero-order valence-electron chi connectivity index (χ0n) is 14.3. The normalized spacial score (nSPS) is 12.0. The van der Waals surface area contributed by atoms with Crippen LogP contribution in [-0.4, -0.2) is 31.6 Å². The lowest BCUT2D eigenvalue weighted by Gasteiger charge is -2.11. The van der Waals surface area contributed by atoms with Crippen molar-refractivity contribution in [2.75, 3.05) is 13.2 Å². The highest BCUT2D eigenvalue weighted by molar-refractivity contribution is 7.90. The highest BCUT2D eigenvalue weighted by atomic mass is 32.2. The van der Waals surface area contributed by atoms with Crippen molar-refractivity contribution in [1.82, 2.24) is 9.29 Å². The minimum atomic E-state index is -3.63. The summed E-state index contributed by atoms with van der Waals surface area (Å²) in [6.45, 7) is 5.41. The standard InChI is InChI=1S/C19H22N2O3S/c1-15(2)20-12-14-24-19-10-6-9-18-17(19)11-13-21(18)25(22,23)16-7-4-3-5-8-16/h3-11,13,15,20H,12,14H2,1-2H3.